The Labute approximate surface area is 98.7 Å². The monoisotopic (exact) mass is 270 g/mol. The molecule has 0 N–H and O–H groups in total. The summed E-state index contributed by atoms with van der Waals surface area (Å²) >= 11 is 3.49. The van der Waals surface area contributed by atoms with E-state index in [9.17, 15) is 0 Å². The third kappa shape index (κ3) is 2.34. The standard InChI is InChI=1S/C12H15BrO2/c1-9-10(13)4-3-5-11(9)15-8-12(14-2)6-7-12/h3-5H,6-8H2,1-2H3. The maximum atomic E-state index is 5.78. The minimum atomic E-state index is -0.00520. The third-order valence-corrected chi connectivity index (χ3v) is 3.81. The molecule has 0 atom stereocenters. The molecule has 2 rings (SSSR count). The van der Waals surface area contributed by atoms with Gasteiger partial charge >= 0.3 is 0 Å². The van der Waals surface area contributed by atoms with Gasteiger partial charge in [0.1, 0.15) is 18.0 Å². The zero-order chi connectivity index (χ0) is 10.9. The Balaban J connectivity index is 2.02. The van der Waals surface area contributed by atoms with E-state index in [0.717, 1.165) is 28.6 Å². The summed E-state index contributed by atoms with van der Waals surface area (Å²) in [5.41, 5.74) is 1.14. The summed E-state index contributed by atoms with van der Waals surface area (Å²) < 4.78 is 12.3. The normalized spacial score (nSPS) is 17.5. The first kappa shape index (κ1) is 11.0. The molecule has 0 heterocycles. The van der Waals surface area contributed by atoms with Crippen LogP contribution < -0.4 is 4.74 Å². The van der Waals surface area contributed by atoms with Crippen molar-refractivity contribution in [2.45, 2.75) is 25.4 Å². The van der Waals surface area contributed by atoms with Gasteiger partial charge in [0.2, 0.25) is 0 Å². The van der Waals surface area contributed by atoms with Crippen molar-refractivity contribution in [1.82, 2.24) is 0 Å². The summed E-state index contributed by atoms with van der Waals surface area (Å²) in [5, 5.41) is 0. The molecular weight excluding hydrogens is 256 g/mol. The smallest absolute Gasteiger partial charge is 0.123 e. The maximum Gasteiger partial charge on any atom is 0.123 e. The van der Waals surface area contributed by atoms with E-state index in [1.807, 2.05) is 25.1 Å². The molecule has 1 aliphatic rings. The molecule has 0 saturated heterocycles. The zero-order valence-corrected chi connectivity index (χ0v) is 10.6. The van der Waals surface area contributed by atoms with E-state index in [0.29, 0.717) is 6.61 Å². The molecule has 15 heavy (non-hydrogen) atoms. The molecule has 0 radical (unpaired) electrons. The van der Waals surface area contributed by atoms with E-state index in [1.54, 1.807) is 7.11 Å². The number of hydrogen-bond donors (Lipinski definition) is 0. The number of halogens is 1. The van der Waals surface area contributed by atoms with Crippen molar-refractivity contribution in [3.63, 3.8) is 0 Å². The van der Waals surface area contributed by atoms with Crippen molar-refractivity contribution in [2.24, 2.45) is 0 Å². The summed E-state index contributed by atoms with van der Waals surface area (Å²) in [5.74, 6) is 0.938. The highest BCUT2D eigenvalue weighted by molar-refractivity contribution is 9.10. The lowest BCUT2D eigenvalue weighted by Gasteiger charge is -2.16. The molecule has 1 fully saturated rings. The molecule has 82 valence electrons. The van der Waals surface area contributed by atoms with Crippen LogP contribution in [-0.2, 0) is 4.74 Å². The van der Waals surface area contributed by atoms with Crippen LogP contribution in [0.4, 0.5) is 0 Å². The molecule has 1 aromatic rings. The molecule has 3 heteroatoms. The van der Waals surface area contributed by atoms with E-state index < -0.39 is 0 Å². The first-order chi connectivity index (χ1) is 7.17. The third-order valence-electron chi connectivity index (χ3n) is 2.95. The van der Waals surface area contributed by atoms with Crippen molar-refractivity contribution in [2.75, 3.05) is 13.7 Å². The second-order valence-corrected chi connectivity index (χ2v) is 4.89. The summed E-state index contributed by atoms with van der Waals surface area (Å²) in [6.45, 7) is 2.70. The van der Waals surface area contributed by atoms with Crippen LogP contribution in [0.1, 0.15) is 18.4 Å². The van der Waals surface area contributed by atoms with Gasteiger partial charge in [-0.25, -0.2) is 0 Å². The fourth-order valence-corrected chi connectivity index (χ4v) is 1.85. The lowest BCUT2D eigenvalue weighted by molar-refractivity contribution is 0.0368. The minimum Gasteiger partial charge on any atom is -0.490 e. The molecule has 1 aliphatic carbocycles. The minimum absolute atomic E-state index is 0.00520. The Hall–Kier alpha value is -0.540. The van der Waals surface area contributed by atoms with Crippen LogP contribution in [0, 0.1) is 6.92 Å². The summed E-state index contributed by atoms with van der Waals surface area (Å²) in [6.07, 6.45) is 2.22. The van der Waals surface area contributed by atoms with Crippen LogP contribution in [-0.4, -0.2) is 19.3 Å². The molecule has 0 amide bonds. The van der Waals surface area contributed by atoms with Gasteiger partial charge in [0.25, 0.3) is 0 Å². The van der Waals surface area contributed by atoms with E-state index in [4.69, 9.17) is 9.47 Å². The van der Waals surface area contributed by atoms with Gasteiger partial charge in [-0.05, 0) is 31.9 Å². The Morgan fingerprint density at radius 2 is 2.13 bits per heavy atom. The summed E-state index contributed by atoms with van der Waals surface area (Å²) in [6, 6.07) is 6.00. The quantitative estimate of drug-likeness (QED) is 0.836. The largest absolute Gasteiger partial charge is 0.490 e. The molecule has 1 aromatic carbocycles. The fraction of sp³-hybridized carbons (Fsp3) is 0.500. The van der Waals surface area contributed by atoms with E-state index in [-0.39, 0.29) is 5.60 Å². The first-order valence-corrected chi connectivity index (χ1v) is 5.89. The summed E-state index contributed by atoms with van der Waals surface area (Å²) in [7, 11) is 1.75. The van der Waals surface area contributed by atoms with Crippen LogP contribution in [0.25, 0.3) is 0 Å². The molecule has 0 aliphatic heterocycles. The van der Waals surface area contributed by atoms with Gasteiger partial charge in [-0.15, -0.1) is 0 Å². The predicted molar refractivity (Wildman–Crippen MR) is 63.3 cm³/mol. The van der Waals surface area contributed by atoms with Gasteiger partial charge in [-0.2, -0.15) is 0 Å². The molecule has 0 unspecified atom stereocenters. The number of hydrogen-bond acceptors (Lipinski definition) is 2. The number of ether oxygens (including phenoxy) is 2. The topological polar surface area (TPSA) is 18.5 Å². The second kappa shape index (κ2) is 4.14. The lowest BCUT2D eigenvalue weighted by Crippen LogP contribution is -2.21. The lowest BCUT2D eigenvalue weighted by atomic mass is 10.2. The Kier molecular flexibility index (Phi) is 3.03. The molecular formula is C12H15BrO2. The van der Waals surface area contributed by atoms with Crippen molar-refractivity contribution in [3.8, 4) is 5.75 Å². The average Bonchev–Trinajstić information content (AvgIpc) is 3.01. The highest BCUT2D eigenvalue weighted by Gasteiger charge is 2.44. The van der Waals surface area contributed by atoms with Crippen LogP contribution in [0.3, 0.4) is 0 Å². The number of methoxy groups -OCH3 is 1. The molecule has 2 nitrogen and oxygen atoms in total. The molecule has 0 bridgehead atoms. The van der Waals surface area contributed by atoms with E-state index in [2.05, 4.69) is 15.9 Å². The Morgan fingerprint density at radius 1 is 1.40 bits per heavy atom. The number of benzene rings is 1. The zero-order valence-electron chi connectivity index (χ0n) is 9.05. The summed E-state index contributed by atoms with van der Waals surface area (Å²) in [4.78, 5) is 0. The van der Waals surface area contributed by atoms with Crippen LogP contribution in [0.2, 0.25) is 0 Å². The average molecular weight is 271 g/mol. The van der Waals surface area contributed by atoms with Crippen molar-refractivity contribution in [1.29, 1.82) is 0 Å². The Morgan fingerprint density at radius 3 is 2.73 bits per heavy atom. The highest BCUT2D eigenvalue weighted by Crippen LogP contribution is 2.39. The van der Waals surface area contributed by atoms with Crippen molar-refractivity contribution < 1.29 is 9.47 Å². The predicted octanol–water partition coefficient (Wildman–Crippen LogP) is 3.32. The van der Waals surface area contributed by atoms with E-state index >= 15 is 0 Å². The SMILES string of the molecule is COC1(COc2cccc(Br)c2C)CC1. The number of rotatable bonds is 4. The van der Waals surface area contributed by atoms with Gasteiger partial charge in [-0.3, -0.25) is 0 Å². The Bertz CT molecular complexity index is 359. The van der Waals surface area contributed by atoms with Gasteiger partial charge in [0, 0.05) is 17.1 Å². The van der Waals surface area contributed by atoms with Crippen LogP contribution >= 0.6 is 15.9 Å². The van der Waals surface area contributed by atoms with Crippen molar-refractivity contribution in [3.05, 3.63) is 28.2 Å². The first-order valence-electron chi connectivity index (χ1n) is 5.10. The molecule has 0 spiro atoms. The fourth-order valence-electron chi connectivity index (χ4n) is 1.50. The van der Waals surface area contributed by atoms with Crippen molar-refractivity contribution >= 4 is 15.9 Å². The van der Waals surface area contributed by atoms with Gasteiger partial charge in [0.05, 0.1) is 0 Å². The van der Waals surface area contributed by atoms with Gasteiger partial charge in [0.15, 0.2) is 0 Å². The van der Waals surface area contributed by atoms with E-state index in [1.165, 1.54) is 0 Å². The van der Waals surface area contributed by atoms with Gasteiger partial charge < -0.3 is 9.47 Å². The second-order valence-electron chi connectivity index (χ2n) is 4.04. The maximum absolute atomic E-state index is 5.78. The molecule has 1 saturated carbocycles. The van der Waals surface area contributed by atoms with Gasteiger partial charge in [-0.1, -0.05) is 22.0 Å². The molecule has 0 aromatic heterocycles. The van der Waals surface area contributed by atoms with Crippen LogP contribution in [0.5, 0.6) is 5.75 Å². The van der Waals surface area contributed by atoms with Crippen LogP contribution in [0.15, 0.2) is 22.7 Å². The highest BCUT2D eigenvalue weighted by atomic mass is 79.9.